The van der Waals surface area contributed by atoms with Gasteiger partial charge < -0.3 is 15.5 Å². The largest absolute Gasteiger partial charge is 0.389 e. The average Bonchev–Trinajstić information content (AvgIpc) is 2.80. The Morgan fingerprint density at radius 3 is 2.05 bits per heavy atom. The minimum absolute atomic E-state index is 0.181. The van der Waals surface area contributed by atoms with Gasteiger partial charge in [0.15, 0.2) is 0 Å². The van der Waals surface area contributed by atoms with Gasteiger partial charge in [0, 0.05) is 6.54 Å². The normalized spacial score (nSPS) is 26.5. The second-order valence-electron chi connectivity index (χ2n) is 4.93. The molecule has 3 rings (SSSR count). The van der Waals surface area contributed by atoms with Gasteiger partial charge in [0.2, 0.25) is 0 Å². The fraction of sp³-hybridized carbons (Fsp3) is 0.250. The molecule has 0 spiro atoms. The zero-order valence-corrected chi connectivity index (χ0v) is 10.5. The van der Waals surface area contributed by atoms with Crippen molar-refractivity contribution < 1.29 is 10.2 Å². The SMILES string of the molecule is O[C@H]1[C@H](O)CN[C@@H]1c1ccc(-c2ccccc2)cc1. The summed E-state index contributed by atoms with van der Waals surface area (Å²) in [6.07, 6.45) is -1.42. The monoisotopic (exact) mass is 255 g/mol. The van der Waals surface area contributed by atoms with E-state index in [1.165, 1.54) is 5.56 Å². The van der Waals surface area contributed by atoms with Crippen LogP contribution >= 0.6 is 0 Å². The summed E-state index contributed by atoms with van der Waals surface area (Å²) in [7, 11) is 0. The van der Waals surface area contributed by atoms with Crippen LogP contribution in [0.15, 0.2) is 54.6 Å². The van der Waals surface area contributed by atoms with Crippen molar-refractivity contribution in [2.24, 2.45) is 0 Å². The quantitative estimate of drug-likeness (QED) is 0.766. The molecule has 0 unspecified atom stereocenters. The van der Waals surface area contributed by atoms with Gasteiger partial charge in [-0.25, -0.2) is 0 Å². The van der Waals surface area contributed by atoms with Crippen molar-refractivity contribution in [3.05, 3.63) is 60.2 Å². The topological polar surface area (TPSA) is 52.5 Å². The van der Waals surface area contributed by atoms with E-state index in [9.17, 15) is 10.2 Å². The second kappa shape index (κ2) is 5.13. The number of aliphatic hydroxyl groups excluding tert-OH is 2. The Morgan fingerprint density at radius 1 is 0.842 bits per heavy atom. The van der Waals surface area contributed by atoms with Gasteiger partial charge in [-0.05, 0) is 16.7 Å². The van der Waals surface area contributed by atoms with Crippen molar-refractivity contribution >= 4 is 0 Å². The number of β-amino-alcohol motifs (C(OH)–C–C–N with tert-alkyl or cyclic N) is 1. The minimum atomic E-state index is -0.734. The summed E-state index contributed by atoms with van der Waals surface area (Å²) in [5.74, 6) is 0. The number of hydrogen-bond donors (Lipinski definition) is 3. The minimum Gasteiger partial charge on any atom is -0.389 e. The first-order chi connectivity index (χ1) is 9.25. The summed E-state index contributed by atoms with van der Waals surface area (Å²) in [5, 5.41) is 22.6. The van der Waals surface area contributed by atoms with Gasteiger partial charge in [0.05, 0.1) is 12.1 Å². The average molecular weight is 255 g/mol. The predicted octanol–water partition coefficient (Wildman–Crippen LogP) is 1.72. The molecular weight excluding hydrogens is 238 g/mol. The van der Waals surface area contributed by atoms with Crippen LogP contribution in [-0.2, 0) is 0 Å². The van der Waals surface area contributed by atoms with Crippen molar-refractivity contribution in [2.45, 2.75) is 18.2 Å². The van der Waals surface area contributed by atoms with E-state index in [-0.39, 0.29) is 6.04 Å². The molecule has 3 N–H and O–H groups in total. The van der Waals surface area contributed by atoms with E-state index in [0.717, 1.165) is 11.1 Å². The van der Waals surface area contributed by atoms with Gasteiger partial charge >= 0.3 is 0 Å². The van der Waals surface area contributed by atoms with Crippen LogP contribution in [0, 0.1) is 0 Å². The molecule has 0 amide bonds. The van der Waals surface area contributed by atoms with Crippen LogP contribution in [0.4, 0.5) is 0 Å². The van der Waals surface area contributed by atoms with Crippen LogP contribution < -0.4 is 5.32 Å². The van der Waals surface area contributed by atoms with Crippen LogP contribution in [0.25, 0.3) is 11.1 Å². The maximum absolute atomic E-state index is 9.88. The molecule has 0 radical (unpaired) electrons. The lowest BCUT2D eigenvalue weighted by atomic mass is 9.98. The van der Waals surface area contributed by atoms with Gasteiger partial charge in [0.1, 0.15) is 6.10 Å². The molecule has 3 nitrogen and oxygen atoms in total. The lowest BCUT2D eigenvalue weighted by molar-refractivity contribution is 0.0405. The van der Waals surface area contributed by atoms with E-state index in [0.29, 0.717) is 6.54 Å². The molecule has 0 aromatic heterocycles. The van der Waals surface area contributed by atoms with Crippen LogP contribution in [0.2, 0.25) is 0 Å². The van der Waals surface area contributed by atoms with Crippen LogP contribution in [0.5, 0.6) is 0 Å². The first-order valence-corrected chi connectivity index (χ1v) is 6.50. The van der Waals surface area contributed by atoms with E-state index in [1.54, 1.807) is 0 Å². The van der Waals surface area contributed by atoms with E-state index in [1.807, 2.05) is 42.5 Å². The molecule has 3 heteroatoms. The summed E-state index contributed by atoms with van der Waals surface area (Å²) >= 11 is 0. The molecule has 1 aliphatic heterocycles. The molecule has 1 fully saturated rings. The standard InChI is InChI=1S/C16H17NO2/c18-14-10-17-15(16(14)19)13-8-6-12(7-9-13)11-4-2-1-3-5-11/h1-9,14-19H,10H2/t14-,15-,16+/m1/s1. The molecule has 2 aromatic carbocycles. The number of aliphatic hydroxyl groups is 2. The summed E-state index contributed by atoms with van der Waals surface area (Å²) < 4.78 is 0. The maximum atomic E-state index is 9.88. The molecule has 1 aliphatic rings. The lowest BCUT2D eigenvalue weighted by Gasteiger charge is -2.16. The molecule has 1 saturated heterocycles. The summed E-state index contributed by atoms with van der Waals surface area (Å²) in [5.41, 5.74) is 3.33. The molecule has 19 heavy (non-hydrogen) atoms. The molecule has 2 aromatic rings. The van der Waals surface area contributed by atoms with Crippen molar-refractivity contribution in [2.75, 3.05) is 6.54 Å². The van der Waals surface area contributed by atoms with E-state index < -0.39 is 12.2 Å². The van der Waals surface area contributed by atoms with Crippen molar-refractivity contribution in [3.8, 4) is 11.1 Å². The fourth-order valence-electron chi connectivity index (χ4n) is 2.54. The summed E-state index contributed by atoms with van der Waals surface area (Å²) in [4.78, 5) is 0. The smallest absolute Gasteiger partial charge is 0.101 e. The fourth-order valence-corrected chi connectivity index (χ4v) is 2.54. The molecular formula is C16H17NO2. The zero-order chi connectivity index (χ0) is 13.2. The summed E-state index contributed by atoms with van der Waals surface area (Å²) in [6.45, 7) is 0.437. The Bertz CT molecular complexity index is 538. The lowest BCUT2D eigenvalue weighted by Crippen LogP contribution is -2.25. The van der Waals surface area contributed by atoms with Gasteiger partial charge in [0.25, 0.3) is 0 Å². The highest BCUT2D eigenvalue weighted by Crippen LogP contribution is 2.26. The Balaban J connectivity index is 1.84. The highest BCUT2D eigenvalue weighted by atomic mass is 16.3. The van der Waals surface area contributed by atoms with Gasteiger partial charge in [-0.2, -0.15) is 0 Å². The Kier molecular flexibility index (Phi) is 3.34. The van der Waals surface area contributed by atoms with Gasteiger partial charge in [-0.1, -0.05) is 54.6 Å². The van der Waals surface area contributed by atoms with Crippen LogP contribution in [0.3, 0.4) is 0 Å². The molecule has 3 atom stereocenters. The number of benzene rings is 2. The van der Waals surface area contributed by atoms with Gasteiger partial charge in [-0.15, -0.1) is 0 Å². The molecule has 0 aliphatic carbocycles. The van der Waals surface area contributed by atoms with Crippen LogP contribution in [0.1, 0.15) is 11.6 Å². The molecule has 98 valence electrons. The Morgan fingerprint density at radius 2 is 1.47 bits per heavy atom. The maximum Gasteiger partial charge on any atom is 0.101 e. The van der Waals surface area contributed by atoms with Crippen LogP contribution in [-0.4, -0.2) is 29.0 Å². The van der Waals surface area contributed by atoms with Crippen molar-refractivity contribution in [1.29, 1.82) is 0 Å². The first kappa shape index (κ1) is 12.4. The molecule has 0 bridgehead atoms. The summed E-state index contributed by atoms with van der Waals surface area (Å²) in [6, 6.07) is 18.1. The number of hydrogen-bond acceptors (Lipinski definition) is 3. The molecule has 1 heterocycles. The Labute approximate surface area is 112 Å². The highest BCUT2D eigenvalue weighted by molar-refractivity contribution is 5.63. The van der Waals surface area contributed by atoms with E-state index >= 15 is 0 Å². The zero-order valence-electron chi connectivity index (χ0n) is 10.5. The molecule has 0 saturated carbocycles. The third kappa shape index (κ3) is 2.40. The third-order valence-corrected chi connectivity index (χ3v) is 3.66. The van der Waals surface area contributed by atoms with E-state index in [2.05, 4.69) is 17.4 Å². The van der Waals surface area contributed by atoms with Crippen molar-refractivity contribution in [1.82, 2.24) is 5.32 Å². The third-order valence-electron chi connectivity index (χ3n) is 3.66. The predicted molar refractivity (Wildman–Crippen MR) is 74.6 cm³/mol. The number of nitrogens with one attached hydrogen (secondary N) is 1. The highest BCUT2D eigenvalue weighted by Gasteiger charge is 2.33. The Hall–Kier alpha value is -1.68. The van der Waals surface area contributed by atoms with E-state index in [4.69, 9.17) is 0 Å². The van der Waals surface area contributed by atoms with Gasteiger partial charge in [-0.3, -0.25) is 0 Å². The first-order valence-electron chi connectivity index (χ1n) is 6.50. The number of rotatable bonds is 2. The second-order valence-corrected chi connectivity index (χ2v) is 4.93. The van der Waals surface area contributed by atoms with Crippen molar-refractivity contribution in [3.63, 3.8) is 0 Å².